The fourth-order valence-electron chi connectivity index (χ4n) is 3.02. The van der Waals surface area contributed by atoms with Crippen molar-refractivity contribution in [1.29, 1.82) is 0 Å². The van der Waals surface area contributed by atoms with Gasteiger partial charge in [0.2, 0.25) is 0 Å². The maximum atomic E-state index is 12.3. The van der Waals surface area contributed by atoms with Gasteiger partial charge in [-0.15, -0.1) is 0 Å². The predicted molar refractivity (Wildman–Crippen MR) is 101 cm³/mol. The van der Waals surface area contributed by atoms with E-state index in [0.717, 1.165) is 16.5 Å². The highest BCUT2D eigenvalue weighted by atomic mass is 35.5. The molecule has 0 saturated carbocycles. The van der Waals surface area contributed by atoms with Crippen molar-refractivity contribution in [2.75, 3.05) is 6.61 Å². The predicted octanol–water partition coefficient (Wildman–Crippen LogP) is 3.90. The molecule has 3 heterocycles. The number of H-pyrrole nitrogens is 2. The zero-order valence-corrected chi connectivity index (χ0v) is 14.6. The molecule has 0 aliphatic carbocycles. The van der Waals surface area contributed by atoms with Crippen LogP contribution in [0.3, 0.4) is 0 Å². The molecule has 4 rings (SSSR count). The molecule has 0 saturated heterocycles. The third-order valence-electron chi connectivity index (χ3n) is 4.20. The molecule has 2 N–H and O–H groups in total. The van der Waals surface area contributed by atoms with E-state index in [-0.39, 0.29) is 12.2 Å². The maximum absolute atomic E-state index is 12.3. The van der Waals surface area contributed by atoms with Gasteiger partial charge in [-0.2, -0.15) is 0 Å². The summed E-state index contributed by atoms with van der Waals surface area (Å²) in [5.41, 5.74) is 2.80. The Labute approximate surface area is 152 Å². The molecule has 3 aromatic heterocycles. The number of esters is 1. The first-order valence-electron chi connectivity index (χ1n) is 8.04. The van der Waals surface area contributed by atoms with Crippen molar-refractivity contribution in [2.45, 2.75) is 6.92 Å². The SMILES string of the molecule is CCOC(=O)c1c[nH]c2c(=O)[nH]c3ccc(-c4ccc(Cl)nc4)cc3c12. The van der Waals surface area contributed by atoms with Crippen molar-refractivity contribution in [3.63, 3.8) is 0 Å². The van der Waals surface area contributed by atoms with Gasteiger partial charge in [0.05, 0.1) is 12.2 Å². The number of nitrogens with one attached hydrogen (secondary N) is 2. The van der Waals surface area contributed by atoms with Crippen LogP contribution >= 0.6 is 11.6 Å². The average molecular weight is 368 g/mol. The molecule has 0 aliphatic rings. The molecule has 26 heavy (non-hydrogen) atoms. The van der Waals surface area contributed by atoms with Gasteiger partial charge >= 0.3 is 5.97 Å². The maximum Gasteiger partial charge on any atom is 0.340 e. The zero-order chi connectivity index (χ0) is 18.3. The van der Waals surface area contributed by atoms with Crippen LogP contribution in [0.15, 0.2) is 47.5 Å². The molecule has 0 aliphatic heterocycles. The first kappa shape index (κ1) is 16.4. The number of carbonyl (C=O) groups is 1. The van der Waals surface area contributed by atoms with Crippen molar-refractivity contribution >= 4 is 39.4 Å². The molecule has 0 unspecified atom stereocenters. The molecule has 6 nitrogen and oxygen atoms in total. The summed E-state index contributed by atoms with van der Waals surface area (Å²) in [5.74, 6) is -0.468. The van der Waals surface area contributed by atoms with Gasteiger partial charge in [-0.05, 0) is 36.8 Å². The standard InChI is InChI=1S/C19H14ClN3O3/c1-2-26-19(25)13-9-22-17-16(13)12-7-10(3-5-14(12)23-18(17)24)11-4-6-15(20)21-8-11/h3-9,22H,2H2,1H3,(H,23,24). The van der Waals surface area contributed by atoms with E-state index in [1.165, 1.54) is 6.20 Å². The van der Waals surface area contributed by atoms with Crippen LogP contribution in [0.2, 0.25) is 5.15 Å². The Kier molecular flexibility index (Phi) is 3.97. The average Bonchev–Trinajstić information content (AvgIpc) is 3.09. The van der Waals surface area contributed by atoms with Crippen LogP contribution in [0.4, 0.5) is 0 Å². The van der Waals surface area contributed by atoms with Gasteiger partial charge in [-0.3, -0.25) is 4.79 Å². The number of hydrogen-bond acceptors (Lipinski definition) is 4. The zero-order valence-electron chi connectivity index (χ0n) is 13.8. The number of pyridine rings is 2. The van der Waals surface area contributed by atoms with E-state index < -0.39 is 5.97 Å². The smallest absolute Gasteiger partial charge is 0.340 e. The van der Waals surface area contributed by atoms with E-state index in [1.54, 1.807) is 19.2 Å². The summed E-state index contributed by atoms with van der Waals surface area (Å²) >= 11 is 5.85. The van der Waals surface area contributed by atoms with Gasteiger partial charge < -0.3 is 14.7 Å². The Hall–Kier alpha value is -3.12. The van der Waals surface area contributed by atoms with Crippen molar-refractivity contribution < 1.29 is 9.53 Å². The van der Waals surface area contributed by atoms with Crippen molar-refractivity contribution in [2.24, 2.45) is 0 Å². The van der Waals surface area contributed by atoms with E-state index >= 15 is 0 Å². The fourth-order valence-corrected chi connectivity index (χ4v) is 3.13. The molecule has 0 spiro atoms. The second kappa shape index (κ2) is 6.31. The molecule has 0 radical (unpaired) electrons. The summed E-state index contributed by atoms with van der Waals surface area (Å²) in [4.78, 5) is 34.4. The molecule has 130 valence electrons. The van der Waals surface area contributed by atoms with E-state index in [9.17, 15) is 9.59 Å². The summed E-state index contributed by atoms with van der Waals surface area (Å²) in [6.07, 6.45) is 3.18. The number of rotatable bonds is 3. The first-order valence-corrected chi connectivity index (χ1v) is 8.42. The number of aromatic nitrogens is 3. The van der Waals surface area contributed by atoms with Gasteiger partial charge in [0.15, 0.2) is 0 Å². The van der Waals surface area contributed by atoms with Crippen molar-refractivity contribution in [3.05, 3.63) is 63.8 Å². The minimum Gasteiger partial charge on any atom is -0.462 e. The number of hydrogen-bond donors (Lipinski definition) is 2. The summed E-state index contributed by atoms with van der Waals surface area (Å²) in [7, 11) is 0. The minimum atomic E-state index is -0.468. The summed E-state index contributed by atoms with van der Waals surface area (Å²) in [5, 5.41) is 1.71. The van der Waals surface area contributed by atoms with E-state index in [2.05, 4.69) is 15.0 Å². The third-order valence-corrected chi connectivity index (χ3v) is 4.42. The lowest BCUT2D eigenvalue weighted by Gasteiger charge is -2.07. The number of benzene rings is 1. The van der Waals surface area contributed by atoms with Crippen LogP contribution in [0.25, 0.3) is 32.9 Å². The van der Waals surface area contributed by atoms with Gasteiger partial charge in [0.25, 0.3) is 5.56 Å². The highest BCUT2D eigenvalue weighted by Crippen LogP contribution is 2.29. The third kappa shape index (κ3) is 2.64. The molecule has 4 aromatic rings. The lowest BCUT2D eigenvalue weighted by Crippen LogP contribution is -2.08. The van der Waals surface area contributed by atoms with Crippen LogP contribution in [0.5, 0.6) is 0 Å². The highest BCUT2D eigenvalue weighted by molar-refractivity contribution is 6.29. The van der Waals surface area contributed by atoms with Crippen LogP contribution in [-0.4, -0.2) is 27.5 Å². The van der Waals surface area contributed by atoms with E-state index in [0.29, 0.717) is 27.1 Å². The molecular formula is C19H14ClN3O3. The first-order chi connectivity index (χ1) is 12.6. The van der Waals surface area contributed by atoms with Crippen LogP contribution in [0.1, 0.15) is 17.3 Å². The second-order valence-corrected chi connectivity index (χ2v) is 6.14. The highest BCUT2D eigenvalue weighted by Gasteiger charge is 2.18. The Morgan fingerprint density at radius 1 is 1.23 bits per heavy atom. The van der Waals surface area contributed by atoms with Crippen LogP contribution in [-0.2, 0) is 4.74 Å². The quantitative estimate of drug-likeness (QED) is 0.424. The second-order valence-electron chi connectivity index (χ2n) is 5.76. The number of carbonyl (C=O) groups excluding carboxylic acids is 1. The monoisotopic (exact) mass is 367 g/mol. The van der Waals surface area contributed by atoms with Gasteiger partial charge in [-0.25, -0.2) is 9.78 Å². The number of halogens is 1. The van der Waals surface area contributed by atoms with Crippen molar-refractivity contribution in [3.8, 4) is 11.1 Å². The molecule has 0 atom stereocenters. The topological polar surface area (TPSA) is 87.8 Å². The molecule has 7 heteroatoms. The Balaban J connectivity index is 2.01. The molecule has 0 amide bonds. The van der Waals surface area contributed by atoms with E-state index in [4.69, 9.17) is 16.3 Å². The molecule has 0 bridgehead atoms. The Morgan fingerprint density at radius 2 is 2.04 bits per heavy atom. The number of ether oxygens (including phenoxy) is 1. The molecule has 1 aromatic carbocycles. The summed E-state index contributed by atoms with van der Waals surface area (Å²) in [6, 6.07) is 9.18. The number of nitrogens with zero attached hydrogens (tertiary/aromatic N) is 1. The normalized spacial score (nSPS) is 11.2. The minimum absolute atomic E-state index is 0.258. The van der Waals surface area contributed by atoms with Crippen LogP contribution < -0.4 is 5.56 Å². The number of aromatic amines is 2. The fraction of sp³-hybridized carbons (Fsp3) is 0.105. The number of fused-ring (bicyclic) bond motifs is 3. The summed E-state index contributed by atoms with van der Waals surface area (Å²) < 4.78 is 5.12. The molecular weight excluding hydrogens is 354 g/mol. The largest absolute Gasteiger partial charge is 0.462 e. The summed E-state index contributed by atoms with van der Waals surface area (Å²) in [6.45, 7) is 2.00. The lowest BCUT2D eigenvalue weighted by molar-refractivity contribution is 0.0529. The van der Waals surface area contributed by atoms with E-state index in [1.807, 2.05) is 24.3 Å². The lowest BCUT2D eigenvalue weighted by atomic mass is 10.0. The molecule has 0 fully saturated rings. The van der Waals surface area contributed by atoms with Crippen molar-refractivity contribution in [1.82, 2.24) is 15.0 Å². The van der Waals surface area contributed by atoms with Gasteiger partial charge in [0.1, 0.15) is 10.7 Å². The van der Waals surface area contributed by atoms with Gasteiger partial charge in [0, 0.05) is 34.2 Å². The van der Waals surface area contributed by atoms with Gasteiger partial charge in [-0.1, -0.05) is 17.7 Å². The van der Waals surface area contributed by atoms with Crippen LogP contribution in [0, 0.1) is 0 Å². The Bertz CT molecular complexity index is 1190. The Morgan fingerprint density at radius 3 is 2.77 bits per heavy atom.